The Hall–Kier alpha value is -2.89. The molecule has 2 N–H and O–H groups in total. The van der Waals surface area contributed by atoms with Crippen LogP contribution in [-0.2, 0) is 9.59 Å². The Kier molecular flexibility index (Phi) is 3.97. The fourth-order valence-corrected chi connectivity index (χ4v) is 2.53. The van der Waals surface area contributed by atoms with Crippen LogP contribution in [0.15, 0.2) is 42.5 Å². The molecular weight excluding hydrogens is 297 g/mol. The highest BCUT2D eigenvalue weighted by molar-refractivity contribution is 6.07. The van der Waals surface area contributed by atoms with E-state index in [0.29, 0.717) is 17.1 Å². The van der Waals surface area contributed by atoms with Crippen molar-refractivity contribution in [3.05, 3.63) is 53.8 Å². The van der Waals surface area contributed by atoms with Gasteiger partial charge in [0.05, 0.1) is 17.9 Å². The molecule has 0 saturated heterocycles. The first-order valence-corrected chi connectivity index (χ1v) is 7.23. The van der Waals surface area contributed by atoms with E-state index in [1.807, 2.05) is 25.1 Å². The summed E-state index contributed by atoms with van der Waals surface area (Å²) in [5, 5.41) is 5.62. The van der Waals surface area contributed by atoms with Gasteiger partial charge in [0.15, 0.2) is 0 Å². The molecule has 0 saturated carbocycles. The van der Waals surface area contributed by atoms with Gasteiger partial charge >= 0.3 is 0 Å². The number of halogens is 1. The minimum Gasteiger partial charge on any atom is -0.374 e. The number of carbonyl (C=O) groups is 2. The van der Waals surface area contributed by atoms with Crippen molar-refractivity contribution in [3.8, 4) is 0 Å². The quantitative estimate of drug-likeness (QED) is 0.915. The lowest BCUT2D eigenvalue weighted by atomic mass is 10.2. The second-order valence-electron chi connectivity index (χ2n) is 5.41. The molecule has 0 atom stereocenters. The van der Waals surface area contributed by atoms with Crippen molar-refractivity contribution < 1.29 is 14.0 Å². The van der Waals surface area contributed by atoms with Crippen molar-refractivity contribution >= 4 is 28.9 Å². The number of carbonyl (C=O) groups excluding carboxylic acids is 2. The minimum atomic E-state index is -0.394. The summed E-state index contributed by atoms with van der Waals surface area (Å²) in [6.45, 7) is 1.85. The van der Waals surface area contributed by atoms with Gasteiger partial charge in [0.1, 0.15) is 12.4 Å². The summed E-state index contributed by atoms with van der Waals surface area (Å²) in [7, 11) is 0. The predicted octanol–water partition coefficient (Wildman–Crippen LogP) is 2.53. The van der Waals surface area contributed by atoms with E-state index in [0.717, 1.165) is 5.56 Å². The molecule has 5 nitrogen and oxygen atoms in total. The highest BCUT2D eigenvalue weighted by Gasteiger charge is 2.26. The molecule has 2 amide bonds. The van der Waals surface area contributed by atoms with Gasteiger partial charge in [-0.2, -0.15) is 0 Å². The molecule has 0 radical (unpaired) electrons. The van der Waals surface area contributed by atoms with E-state index in [4.69, 9.17) is 0 Å². The molecular formula is C17H16FN3O2. The first-order valence-electron chi connectivity index (χ1n) is 7.23. The number of hydrogen-bond donors (Lipinski definition) is 2. The van der Waals surface area contributed by atoms with Crippen molar-refractivity contribution in [1.82, 2.24) is 0 Å². The first-order chi connectivity index (χ1) is 11.0. The number of fused-ring (bicyclic) bond motifs is 1. The predicted molar refractivity (Wildman–Crippen MR) is 87.1 cm³/mol. The van der Waals surface area contributed by atoms with Crippen LogP contribution < -0.4 is 15.5 Å². The Morgan fingerprint density at radius 2 is 2.13 bits per heavy atom. The Morgan fingerprint density at radius 3 is 2.91 bits per heavy atom. The molecule has 0 unspecified atom stereocenters. The topological polar surface area (TPSA) is 61.4 Å². The van der Waals surface area contributed by atoms with E-state index in [9.17, 15) is 14.0 Å². The average molecular weight is 313 g/mol. The number of amides is 2. The molecule has 2 aromatic rings. The highest BCUT2D eigenvalue weighted by Crippen LogP contribution is 2.29. The van der Waals surface area contributed by atoms with E-state index >= 15 is 0 Å². The molecule has 0 aromatic heterocycles. The lowest BCUT2D eigenvalue weighted by Gasteiger charge is -2.29. The maximum atomic E-state index is 13.3. The molecule has 23 heavy (non-hydrogen) atoms. The van der Waals surface area contributed by atoms with Gasteiger partial charge in [0.25, 0.3) is 0 Å². The summed E-state index contributed by atoms with van der Waals surface area (Å²) in [6, 6.07) is 11.5. The van der Waals surface area contributed by atoms with E-state index in [1.165, 1.54) is 23.1 Å². The Balaban J connectivity index is 1.77. The Morgan fingerprint density at radius 1 is 1.30 bits per heavy atom. The molecule has 1 aliphatic rings. The summed E-state index contributed by atoms with van der Waals surface area (Å²) >= 11 is 0. The Labute approximate surface area is 133 Å². The van der Waals surface area contributed by atoms with E-state index in [1.54, 1.807) is 6.07 Å². The van der Waals surface area contributed by atoms with Gasteiger partial charge in [-0.25, -0.2) is 4.39 Å². The van der Waals surface area contributed by atoms with Gasteiger partial charge in [-0.3, -0.25) is 14.5 Å². The van der Waals surface area contributed by atoms with Crippen molar-refractivity contribution in [2.45, 2.75) is 6.92 Å². The maximum Gasteiger partial charge on any atom is 0.246 e. The number of hydrogen-bond acceptors (Lipinski definition) is 3. The second-order valence-corrected chi connectivity index (χ2v) is 5.41. The monoisotopic (exact) mass is 313 g/mol. The molecule has 1 aliphatic heterocycles. The zero-order valence-electron chi connectivity index (χ0n) is 12.6. The number of rotatable bonds is 3. The minimum absolute atomic E-state index is 0.0359. The van der Waals surface area contributed by atoms with Crippen molar-refractivity contribution in [1.29, 1.82) is 0 Å². The summed E-state index contributed by atoms with van der Waals surface area (Å²) in [5.74, 6) is -0.931. The van der Waals surface area contributed by atoms with Crippen molar-refractivity contribution in [2.24, 2.45) is 0 Å². The molecule has 0 bridgehead atoms. The zero-order valence-corrected chi connectivity index (χ0v) is 12.6. The molecule has 0 aliphatic carbocycles. The molecule has 2 aromatic carbocycles. The van der Waals surface area contributed by atoms with Crippen LogP contribution in [0.4, 0.5) is 21.5 Å². The van der Waals surface area contributed by atoms with Gasteiger partial charge in [-0.1, -0.05) is 12.1 Å². The van der Waals surface area contributed by atoms with Crippen LogP contribution in [0, 0.1) is 12.7 Å². The van der Waals surface area contributed by atoms with Crippen LogP contribution in [0.3, 0.4) is 0 Å². The number of aryl methyl sites for hydroxylation is 1. The fourth-order valence-electron chi connectivity index (χ4n) is 2.53. The molecule has 0 spiro atoms. The Bertz CT molecular complexity index is 776. The third-order valence-corrected chi connectivity index (χ3v) is 3.58. The lowest BCUT2D eigenvalue weighted by molar-refractivity contribution is -0.120. The highest BCUT2D eigenvalue weighted by atomic mass is 19.1. The van der Waals surface area contributed by atoms with E-state index < -0.39 is 5.82 Å². The van der Waals surface area contributed by atoms with Gasteiger partial charge in [0.2, 0.25) is 11.8 Å². The van der Waals surface area contributed by atoms with Crippen LogP contribution in [-0.4, -0.2) is 24.9 Å². The van der Waals surface area contributed by atoms with Gasteiger partial charge < -0.3 is 10.6 Å². The summed E-state index contributed by atoms with van der Waals surface area (Å²) in [5.41, 5.74) is 2.72. The van der Waals surface area contributed by atoms with Crippen LogP contribution in [0.5, 0.6) is 0 Å². The van der Waals surface area contributed by atoms with Crippen LogP contribution in [0.2, 0.25) is 0 Å². The third kappa shape index (κ3) is 3.31. The molecule has 6 heteroatoms. The molecule has 118 valence electrons. The first kappa shape index (κ1) is 15.0. The number of benzene rings is 2. The van der Waals surface area contributed by atoms with E-state index in [-0.39, 0.29) is 24.9 Å². The molecule has 3 rings (SSSR count). The number of nitrogens with one attached hydrogen (secondary N) is 2. The fraction of sp³-hybridized carbons (Fsp3) is 0.176. The normalized spacial score (nSPS) is 13.3. The SMILES string of the molecule is Cc1cccc(NC(=O)CN2C(=O)CNc3cc(F)ccc32)c1. The molecule has 1 heterocycles. The zero-order chi connectivity index (χ0) is 16.4. The summed E-state index contributed by atoms with van der Waals surface area (Å²) in [6.07, 6.45) is 0. The smallest absolute Gasteiger partial charge is 0.246 e. The van der Waals surface area contributed by atoms with Crippen LogP contribution in [0.1, 0.15) is 5.56 Å². The largest absolute Gasteiger partial charge is 0.374 e. The average Bonchev–Trinajstić information content (AvgIpc) is 2.50. The summed E-state index contributed by atoms with van der Waals surface area (Å²) < 4.78 is 13.3. The van der Waals surface area contributed by atoms with Gasteiger partial charge in [-0.15, -0.1) is 0 Å². The number of nitrogens with zero attached hydrogens (tertiary/aromatic N) is 1. The van der Waals surface area contributed by atoms with Crippen LogP contribution in [0.25, 0.3) is 0 Å². The maximum absolute atomic E-state index is 13.3. The molecule has 0 fully saturated rings. The van der Waals surface area contributed by atoms with Crippen LogP contribution >= 0.6 is 0 Å². The van der Waals surface area contributed by atoms with Gasteiger partial charge in [-0.05, 0) is 42.8 Å². The van der Waals surface area contributed by atoms with Crippen molar-refractivity contribution in [3.63, 3.8) is 0 Å². The lowest BCUT2D eigenvalue weighted by Crippen LogP contribution is -2.44. The third-order valence-electron chi connectivity index (χ3n) is 3.58. The summed E-state index contributed by atoms with van der Waals surface area (Å²) in [4.78, 5) is 25.6. The van der Waals surface area contributed by atoms with Crippen molar-refractivity contribution in [2.75, 3.05) is 28.6 Å². The number of anilines is 3. The standard InChI is InChI=1S/C17H16FN3O2/c1-11-3-2-4-13(7-11)20-16(22)10-21-15-6-5-12(18)8-14(15)19-9-17(21)23/h2-8,19H,9-10H2,1H3,(H,20,22). The second kappa shape index (κ2) is 6.08. The van der Waals surface area contributed by atoms with Gasteiger partial charge in [0, 0.05) is 5.69 Å². The van der Waals surface area contributed by atoms with E-state index in [2.05, 4.69) is 10.6 Å².